The molecule has 4 N–H and O–H groups in total. The van der Waals surface area contributed by atoms with Gasteiger partial charge in [-0.2, -0.15) is 0 Å². The molecule has 20 heavy (non-hydrogen) atoms. The summed E-state index contributed by atoms with van der Waals surface area (Å²) >= 11 is 0. The zero-order chi connectivity index (χ0) is 14.6. The van der Waals surface area contributed by atoms with E-state index in [1.165, 1.54) is 6.07 Å². The van der Waals surface area contributed by atoms with E-state index in [4.69, 9.17) is 10.8 Å². The van der Waals surface area contributed by atoms with Gasteiger partial charge >= 0.3 is 5.97 Å². The number of nitrogens with two attached hydrogens (primary N) is 1. The molecule has 0 aromatic heterocycles. The van der Waals surface area contributed by atoms with Crippen molar-refractivity contribution in [2.45, 2.75) is 44.2 Å². The van der Waals surface area contributed by atoms with E-state index in [1.807, 2.05) is 0 Å². The molecule has 108 valence electrons. The Morgan fingerprint density at radius 1 is 1.30 bits per heavy atom. The van der Waals surface area contributed by atoms with Crippen molar-refractivity contribution in [1.29, 1.82) is 0 Å². The molecule has 5 heteroatoms. The van der Waals surface area contributed by atoms with Crippen molar-refractivity contribution in [1.82, 2.24) is 5.32 Å². The molecule has 0 atom stereocenters. The van der Waals surface area contributed by atoms with Crippen LogP contribution in [0.25, 0.3) is 0 Å². The van der Waals surface area contributed by atoms with Gasteiger partial charge in [0.2, 0.25) is 5.91 Å². The normalized spacial score (nSPS) is 16.9. The summed E-state index contributed by atoms with van der Waals surface area (Å²) in [7, 11) is 0. The molecule has 0 saturated heterocycles. The number of carboxylic acids is 1. The number of benzene rings is 1. The molecule has 0 radical (unpaired) electrons. The molecule has 1 fully saturated rings. The molecule has 0 spiro atoms. The summed E-state index contributed by atoms with van der Waals surface area (Å²) < 4.78 is 0. The molecule has 1 aliphatic rings. The van der Waals surface area contributed by atoms with E-state index >= 15 is 0 Å². The fourth-order valence-corrected chi connectivity index (χ4v) is 2.65. The van der Waals surface area contributed by atoms with Crippen LogP contribution in [0.1, 0.15) is 48.0 Å². The minimum Gasteiger partial charge on any atom is -0.478 e. The monoisotopic (exact) mass is 276 g/mol. The van der Waals surface area contributed by atoms with Crippen molar-refractivity contribution in [2.24, 2.45) is 5.73 Å². The standard InChI is InChI=1S/C15H20N2O3/c16-15(6-1-2-7-15)9-13(18)17-10-11-4-3-5-12(8-11)14(19)20/h3-5,8H,1-2,6-7,9-10,16H2,(H,17,18)(H,19,20). The van der Waals surface area contributed by atoms with Crippen molar-refractivity contribution in [3.8, 4) is 0 Å². The smallest absolute Gasteiger partial charge is 0.335 e. The minimum absolute atomic E-state index is 0.0740. The maximum absolute atomic E-state index is 11.9. The molecule has 1 aliphatic carbocycles. The lowest BCUT2D eigenvalue weighted by molar-refractivity contribution is -0.122. The van der Waals surface area contributed by atoms with Crippen molar-refractivity contribution < 1.29 is 14.7 Å². The lowest BCUT2D eigenvalue weighted by Crippen LogP contribution is -2.42. The van der Waals surface area contributed by atoms with Crippen LogP contribution in [0.15, 0.2) is 24.3 Å². The van der Waals surface area contributed by atoms with Crippen molar-refractivity contribution in [3.63, 3.8) is 0 Å². The minimum atomic E-state index is -0.968. The van der Waals surface area contributed by atoms with Gasteiger partial charge in [-0.3, -0.25) is 4.79 Å². The molecule has 1 aromatic rings. The Kier molecular flexibility index (Phi) is 4.39. The first-order valence-electron chi connectivity index (χ1n) is 6.86. The summed E-state index contributed by atoms with van der Waals surface area (Å²) in [5.41, 5.74) is 6.80. The van der Waals surface area contributed by atoms with E-state index in [2.05, 4.69) is 5.32 Å². The van der Waals surface area contributed by atoms with Gasteiger partial charge in [0, 0.05) is 18.5 Å². The van der Waals surface area contributed by atoms with Crippen LogP contribution >= 0.6 is 0 Å². The number of rotatable bonds is 5. The zero-order valence-electron chi connectivity index (χ0n) is 11.4. The molecular weight excluding hydrogens is 256 g/mol. The zero-order valence-corrected chi connectivity index (χ0v) is 11.4. The average molecular weight is 276 g/mol. The third-order valence-corrected chi connectivity index (χ3v) is 3.78. The van der Waals surface area contributed by atoms with E-state index in [9.17, 15) is 9.59 Å². The average Bonchev–Trinajstić information content (AvgIpc) is 2.83. The van der Waals surface area contributed by atoms with E-state index in [0.29, 0.717) is 13.0 Å². The number of carbonyl (C=O) groups is 2. The number of aromatic carboxylic acids is 1. The molecule has 0 heterocycles. The van der Waals surface area contributed by atoms with E-state index in [-0.39, 0.29) is 17.0 Å². The second kappa shape index (κ2) is 6.05. The third-order valence-electron chi connectivity index (χ3n) is 3.78. The quantitative estimate of drug-likeness (QED) is 0.762. The summed E-state index contributed by atoms with van der Waals surface area (Å²) in [6.07, 6.45) is 4.31. The van der Waals surface area contributed by atoms with Gasteiger partial charge in [0.1, 0.15) is 0 Å². The first-order valence-corrected chi connectivity index (χ1v) is 6.86. The lowest BCUT2D eigenvalue weighted by atomic mass is 9.94. The van der Waals surface area contributed by atoms with Gasteiger partial charge in [-0.1, -0.05) is 25.0 Å². The molecule has 1 saturated carbocycles. The van der Waals surface area contributed by atoms with Gasteiger partial charge in [0.15, 0.2) is 0 Å². The van der Waals surface area contributed by atoms with Gasteiger partial charge in [-0.25, -0.2) is 4.79 Å². The summed E-state index contributed by atoms with van der Waals surface area (Å²) in [6.45, 7) is 0.329. The van der Waals surface area contributed by atoms with Crippen LogP contribution in [-0.2, 0) is 11.3 Å². The van der Waals surface area contributed by atoms with Crippen LogP contribution in [0.2, 0.25) is 0 Å². The molecule has 0 aliphatic heterocycles. The van der Waals surface area contributed by atoms with Gasteiger partial charge in [0.05, 0.1) is 5.56 Å². The number of carboxylic acid groups (broad SMARTS) is 1. The summed E-state index contributed by atoms with van der Waals surface area (Å²) in [5.74, 6) is -1.04. The highest BCUT2D eigenvalue weighted by molar-refractivity contribution is 5.87. The van der Waals surface area contributed by atoms with Crippen LogP contribution < -0.4 is 11.1 Å². The Bertz CT molecular complexity index is 508. The molecule has 1 amide bonds. The highest BCUT2D eigenvalue weighted by atomic mass is 16.4. The van der Waals surface area contributed by atoms with Crippen LogP contribution in [0.3, 0.4) is 0 Å². The van der Waals surface area contributed by atoms with Crippen molar-refractivity contribution in [3.05, 3.63) is 35.4 Å². The maximum Gasteiger partial charge on any atom is 0.335 e. The van der Waals surface area contributed by atoms with Crippen LogP contribution in [-0.4, -0.2) is 22.5 Å². The number of nitrogens with one attached hydrogen (secondary N) is 1. The fraction of sp³-hybridized carbons (Fsp3) is 0.467. The van der Waals surface area contributed by atoms with E-state index in [0.717, 1.165) is 31.2 Å². The maximum atomic E-state index is 11.9. The van der Waals surface area contributed by atoms with Gasteiger partial charge in [-0.15, -0.1) is 0 Å². The highest BCUT2D eigenvalue weighted by Crippen LogP contribution is 2.29. The second-order valence-electron chi connectivity index (χ2n) is 5.53. The van der Waals surface area contributed by atoms with Gasteiger partial charge < -0.3 is 16.2 Å². The largest absolute Gasteiger partial charge is 0.478 e. The SMILES string of the molecule is NC1(CC(=O)NCc2cccc(C(=O)O)c2)CCCC1. The Morgan fingerprint density at radius 3 is 2.65 bits per heavy atom. The Hall–Kier alpha value is -1.88. The number of hydrogen-bond acceptors (Lipinski definition) is 3. The summed E-state index contributed by atoms with van der Waals surface area (Å²) in [6, 6.07) is 6.56. The van der Waals surface area contributed by atoms with Crippen molar-refractivity contribution in [2.75, 3.05) is 0 Å². The topological polar surface area (TPSA) is 92.4 Å². The number of amides is 1. The Labute approximate surface area is 118 Å². The molecule has 5 nitrogen and oxygen atoms in total. The predicted octanol–water partition coefficient (Wildman–Crippen LogP) is 1.66. The molecule has 0 bridgehead atoms. The lowest BCUT2D eigenvalue weighted by Gasteiger charge is -2.22. The third kappa shape index (κ3) is 3.81. The number of hydrogen-bond donors (Lipinski definition) is 3. The Morgan fingerprint density at radius 2 is 2.00 bits per heavy atom. The molecular formula is C15H20N2O3. The fourth-order valence-electron chi connectivity index (χ4n) is 2.65. The van der Waals surface area contributed by atoms with Crippen LogP contribution in [0.4, 0.5) is 0 Å². The predicted molar refractivity (Wildman–Crippen MR) is 75.3 cm³/mol. The molecule has 0 unspecified atom stereocenters. The van der Waals surface area contributed by atoms with Gasteiger partial charge in [0.25, 0.3) is 0 Å². The summed E-state index contributed by atoms with van der Waals surface area (Å²) in [4.78, 5) is 22.7. The van der Waals surface area contributed by atoms with Crippen LogP contribution in [0.5, 0.6) is 0 Å². The molecule has 1 aromatic carbocycles. The van der Waals surface area contributed by atoms with E-state index < -0.39 is 5.97 Å². The number of carbonyl (C=O) groups excluding carboxylic acids is 1. The second-order valence-corrected chi connectivity index (χ2v) is 5.53. The molecule has 2 rings (SSSR count). The first kappa shape index (κ1) is 14.5. The highest BCUT2D eigenvalue weighted by Gasteiger charge is 2.31. The Balaban J connectivity index is 1.87. The first-order chi connectivity index (χ1) is 9.48. The van der Waals surface area contributed by atoms with Crippen LogP contribution in [0, 0.1) is 0 Å². The summed E-state index contributed by atoms with van der Waals surface area (Å²) in [5, 5.41) is 11.7. The van der Waals surface area contributed by atoms with Gasteiger partial charge in [-0.05, 0) is 30.5 Å². The van der Waals surface area contributed by atoms with E-state index in [1.54, 1.807) is 18.2 Å². The van der Waals surface area contributed by atoms with Crippen molar-refractivity contribution >= 4 is 11.9 Å².